The molecule has 3 rings (SSSR count). The van der Waals surface area contributed by atoms with Crippen molar-refractivity contribution in [2.75, 3.05) is 0 Å². The first-order valence-corrected chi connectivity index (χ1v) is 10.5. The van der Waals surface area contributed by atoms with Gasteiger partial charge in [0.1, 0.15) is 5.69 Å². The maximum atomic E-state index is 12.7. The van der Waals surface area contributed by atoms with Crippen molar-refractivity contribution in [1.82, 2.24) is 25.3 Å². The first-order valence-electron chi connectivity index (χ1n) is 10.5. The van der Waals surface area contributed by atoms with E-state index in [1.807, 2.05) is 41.9 Å². The third kappa shape index (κ3) is 5.14. The molecule has 0 spiro atoms. The van der Waals surface area contributed by atoms with Crippen molar-refractivity contribution < 1.29 is 9.21 Å². The molecular weight excluding hydrogens is 378 g/mol. The van der Waals surface area contributed by atoms with Crippen LogP contribution in [0.3, 0.4) is 0 Å². The third-order valence-corrected chi connectivity index (χ3v) is 5.22. The van der Waals surface area contributed by atoms with Crippen LogP contribution in [-0.2, 0) is 6.42 Å². The monoisotopic (exact) mass is 409 g/mol. The zero-order chi connectivity index (χ0) is 21.8. The fourth-order valence-corrected chi connectivity index (χ4v) is 3.00. The van der Waals surface area contributed by atoms with Crippen LogP contribution in [0, 0.1) is 18.8 Å². The van der Waals surface area contributed by atoms with Gasteiger partial charge in [-0.3, -0.25) is 4.79 Å². The van der Waals surface area contributed by atoms with Crippen LogP contribution in [0.1, 0.15) is 63.0 Å². The Kier molecular flexibility index (Phi) is 6.70. The Labute approximate surface area is 177 Å². The smallest absolute Gasteiger partial charge is 0.268 e. The van der Waals surface area contributed by atoms with E-state index in [1.165, 1.54) is 0 Å². The Morgan fingerprint density at radius 2 is 1.90 bits per heavy atom. The van der Waals surface area contributed by atoms with Crippen molar-refractivity contribution in [2.45, 2.75) is 60.4 Å². The molecule has 3 aromatic rings. The second kappa shape index (κ2) is 9.24. The number of hydrogen-bond acceptors (Lipinski definition) is 5. The summed E-state index contributed by atoms with van der Waals surface area (Å²) in [5, 5.41) is 15.8. The molecule has 1 N–H and O–H groups in total. The molecule has 0 fully saturated rings. The van der Waals surface area contributed by atoms with Gasteiger partial charge in [0.15, 0.2) is 0 Å². The van der Waals surface area contributed by atoms with E-state index in [0.717, 1.165) is 24.2 Å². The molecule has 1 amide bonds. The lowest BCUT2D eigenvalue weighted by Crippen LogP contribution is -2.36. The van der Waals surface area contributed by atoms with Crippen molar-refractivity contribution in [1.29, 1.82) is 0 Å². The highest BCUT2D eigenvalue weighted by molar-refractivity contribution is 5.94. The van der Waals surface area contributed by atoms with Crippen LogP contribution >= 0.6 is 0 Å². The van der Waals surface area contributed by atoms with E-state index >= 15 is 0 Å². The summed E-state index contributed by atoms with van der Waals surface area (Å²) in [4.78, 5) is 12.7. The maximum absolute atomic E-state index is 12.7. The Hall–Kier alpha value is -2.96. The van der Waals surface area contributed by atoms with Crippen molar-refractivity contribution in [3.05, 3.63) is 47.5 Å². The summed E-state index contributed by atoms with van der Waals surface area (Å²) in [6, 6.07) is 9.62. The molecular formula is C23H31N5O2. The summed E-state index contributed by atoms with van der Waals surface area (Å²) in [6.07, 6.45) is 1.89. The van der Waals surface area contributed by atoms with E-state index in [1.54, 1.807) is 6.92 Å². The van der Waals surface area contributed by atoms with Gasteiger partial charge in [-0.05, 0) is 55.9 Å². The number of amides is 1. The van der Waals surface area contributed by atoms with Gasteiger partial charge < -0.3 is 9.73 Å². The summed E-state index contributed by atoms with van der Waals surface area (Å²) >= 11 is 0. The second-order valence-electron chi connectivity index (χ2n) is 8.55. The van der Waals surface area contributed by atoms with Gasteiger partial charge in [-0.25, -0.2) is 4.68 Å². The van der Waals surface area contributed by atoms with Crippen molar-refractivity contribution in [3.8, 4) is 17.3 Å². The summed E-state index contributed by atoms with van der Waals surface area (Å²) in [5.41, 5.74) is 3.13. The zero-order valence-electron chi connectivity index (χ0n) is 18.6. The van der Waals surface area contributed by atoms with Crippen LogP contribution in [0.4, 0.5) is 0 Å². The molecule has 0 saturated heterocycles. The first-order chi connectivity index (χ1) is 14.2. The van der Waals surface area contributed by atoms with Crippen LogP contribution in [-0.4, -0.2) is 31.9 Å². The molecule has 7 nitrogen and oxygen atoms in total. The zero-order valence-corrected chi connectivity index (χ0v) is 18.6. The molecule has 0 saturated carbocycles. The predicted molar refractivity (Wildman–Crippen MR) is 117 cm³/mol. The lowest BCUT2D eigenvalue weighted by molar-refractivity contribution is 0.0930. The number of benzene rings is 1. The Morgan fingerprint density at radius 3 is 2.53 bits per heavy atom. The van der Waals surface area contributed by atoms with Gasteiger partial charge in [0, 0.05) is 24.2 Å². The maximum Gasteiger partial charge on any atom is 0.268 e. The quantitative estimate of drug-likeness (QED) is 0.588. The van der Waals surface area contributed by atoms with Gasteiger partial charge in [-0.2, -0.15) is 5.10 Å². The number of nitrogens with zero attached hydrogens (tertiary/aromatic N) is 4. The average Bonchev–Trinajstić information content (AvgIpc) is 3.32. The minimum atomic E-state index is -0.0818. The van der Waals surface area contributed by atoms with Crippen molar-refractivity contribution in [3.63, 3.8) is 0 Å². The van der Waals surface area contributed by atoms with E-state index in [0.29, 0.717) is 34.9 Å². The second-order valence-corrected chi connectivity index (χ2v) is 8.55. The lowest BCUT2D eigenvalue weighted by atomic mass is 10.1. The van der Waals surface area contributed by atoms with E-state index in [2.05, 4.69) is 43.2 Å². The number of carbonyl (C=O) groups is 1. The van der Waals surface area contributed by atoms with Crippen molar-refractivity contribution >= 4 is 5.91 Å². The first kappa shape index (κ1) is 21.7. The van der Waals surface area contributed by atoms with Crippen LogP contribution in [0.5, 0.6) is 0 Å². The topological polar surface area (TPSA) is 85.8 Å². The standard InChI is InChI=1S/C23H31N5O2/c1-14(2)10-11-20-13-21(23-26-25-17(6)30-23)27-28(20)19-9-7-8-18(12-19)22(29)24-16(5)15(3)4/h7-9,12-16H,10-11H2,1-6H3,(H,24,29). The molecule has 2 heterocycles. The molecule has 7 heteroatoms. The van der Waals surface area contributed by atoms with Gasteiger partial charge in [0.05, 0.1) is 5.69 Å². The number of aromatic nitrogens is 4. The van der Waals surface area contributed by atoms with Crippen LogP contribution in [0.25, 0.3) is 17.3 Å². The van der Waals surface area contributed by atoms with E-state index < -0.39 is 0 Å². The summed E-state index contributed by atoms with van der Waals surface area (Å²) in [5.74, 6) is 1.75. The molecule has 0 aliphatic heterocycles. The van der Waals surface area contributed by atoms with Crippen molar-refractivity contribution in [2.24, 2.45) is 11.8 Å². The van der Waals surface area contributed by atoms with Gasteiger partial charge in [0.2, 0.25) is 5.89 Å². The molecule has 0 bridgehead atoms. The van der Waals surface area contributed by atoms with Crippen LogP contribution < -0.4 is 5.32 Å². The SMILES string of the molecule is Cc1nnc(-c2cc(CCC(C)C)n(-c3cccc(C(=O)NC(C)C(C)C)c3)n2)o1. The number of hydrogen-bond donors (Lipinski definition) is 1. The minimum Gasteiger partial charge on any atom is -0.420 e. The fraction of sp³-hybridized carbons (Fsp3) is 0.478. The fourth-order valence-electron chi connectivity index (χ4n) is 3.00. The summed E-state index contributed by atoms with van der Waals surface area (Å²) in [6.45, 7) is 12.4. The van der Waals surface area contributed by atoms with E-state index in [9.17, 15) is 4.79 Å². The molecule has 1 aromatic carbocycles. The highest BCUT2D eigenvalue weighted by Gasteiger charge is 2.18. The molecule has 160 valence electrons. The highest BCUT2D eigenvalue weighted by atomic mass is 16.4. The number of nitrogens with one attached hydrogen (secondary N) is 1. The van der Waals surface area contributed by atoms with Crippen LogP contribution in [0.15, 0.2) is 34.7 Å². The van der Waals surface area contributed by atoms with Gasteiger partial charge >= 0.3 is 0 Å². The molecule has 1 atom stereocenters. The Bertz CT molecular complexity index is 1000. The van der Waals surface area contributed by atoms with Crippen LogP contribution in [0.2, 0.25) is 0 Å². The summed E-state index contributed by atoms with van der Waals surface area (Å²) < 4.78 is 7.44. The Balaban J connectivity index is 1.95. The molecule has 0 radical (unpaired) electrons. The van der Waals surface area contributed by atoms with Gasteiger partial charge in [-0.1, -0.05) is 33.8 Å². The average molecular weight is 410 g/mol. The molecule has 0 aliphatic rings. The third-order valence-electron chi connectivity index (χ3n) is 5.22. The Morgan fingerprint density at radius 1 is 1.13 bits per heavy atom. The molecule has 0 aliphatic carbocycles. The summed E-state index contributed by atoms with van der Waals surface area (Å²) in [7, 11) is 0. The molecule has 30 heavy (non-hydrogen) atoms. The largest absolute Gasteiger partial charge is 0.420 e. The number of rotatable bonds is 8. The van der Waals surface area contributed by atoms with E-state index in [-0.39, 0.29) is 11.9 Å². The number of carbonyl (C=O) groups excluding carboxylic acids is 1. The normalized spacial score (nSPS) is 12.5. The number of aryl methyl sites for hydroxylation is 2. The lowest BCUT2D eigenvalue weighted by Gasteiger charge is -2.17. The molecule has 1 unspecified atom stereocenters. The van der Waals surface area contributed by atoms with Gasteiger partial charge in [0.25, 0.3) is 11.8 Å². The highest BCUT2D eigenvalue weighted by Crippen LogP contribution is 2.23. The molecule has 2 aromatic heterocycles. The predicted octanol–water partition coefficient (Wildman–Crippen LogP) is 4.59. The van der Waals surface area contributed by atoms with Gasteiger partial charge in [-0.15, -0.1) is 10.2 Å². The minimum absolute atomic E-state index is 0.0818. The van der Waals surface area contributed by atoms with E-state index in [4.69, 9.17) is 9.52 Å².